The zero-order valence-electron chi connectivity index (χ0n) is 12.0. The molecular weight excluding hydrogens is 242 g/mol. The first-order valence-electron chi connectivity index (χ1n) is 6.86. The maximum Gasteiger partial charge on any atom is 0.120 e. The van der Waals surface area contributed by atoms with Crippen LogP contribution in [0.25, 0.3) is 0 Å². The molecule has 3 N–H and O–H groups in total. The van der Waals surface area contributed by atoms with Crippen LogP contribution in [0.3, 0.4) is 0 Å². The lowest BCUT2D eigenvalue weighted by Crippen LogP contribution is -2.27. The van der Waals surface area contributed by atoms with E-state index in [1.165, 1.54) is 0 Å². The van der Waals surface area contributed by atoms with Gasteiger partial charge in [0.1, 0.15) is 11.5 Å². The Kier molecular flexibility index (Phi) is 6.67. The largest absolute Gasteiger partial charge is 0.508 e. The van der Waals surface area contributed by atoms with Gasteiger partial charge in [-0.25, -0.2) is 0 Å². The molecular formula is C15H25NO3. The van der Waals surface area contributed by atoms with Crippen molar-refractivity contribution in [2.75, 3.05) is 13.2 Å². The number of aliphatic hydroxyl groups is 1. The molecule has 0 bridgehead atoms. The van der Waals surface area contributed by atoms with Gasteiger partial charge in [-0.15, -0.1) is 0 Å². The Hall–Kier alpha value is -1.26. The van der Waals surface area contributed by atoms with E-state index in [9.17, 15) is 10.2 Å². The molecule has 0 aromatic heterocycles. The fourth-order valence-corrected chi connectivity index (χ4v) is 1.96. The van der Waals surface area contributed by atoms with Crippen molar-refractivity contribution < 1.29 is 14.9 Å². The summed E-state index contributed by atoms with van der Waals surface area (Å²) in [5, 5.41) is 22.7. The number of aliphatic hydroxyl groups excluding tert-OH is 1. The maximum absolute atomic E-state index is 9.76. The summed E-state index contributed by atoms with van der Waals surface area (Å²) in [7, 11) is 0. The van der Waals surface area contributed by atoms with E-state index in [1.807, 2.05) is 13.0 Å². The van der Waals surface area contributed by atoms with E-state index in [1.54, 1.807) is 12.1 Å². The first kappa shape index (κ1) is 15.8. The number of ether oxygens (including phenoxy) is 1. The number of hydrogen-bond acceptors (Lipinski definition) is 4. The van der Waals surface area contributed by atoms with E-state index in [4.69, 9.17) is 4.74 Å². The quantitative estimate of drug-likeness (QED) is 0.676. The molecule has 1 atom stereocenters. The van der Waals surface area contributed by atoms with E-state index < -0.39 is 0 Å². The Labute approximate surface area is 115 Å². The number of rotatable bonds is 8. The van der Waals surface area contributed by atoms with Gasteiger partial charge in [-0.2, -0.15) is 0 Å². The number of aromatic hydroxyl groups is 1. The Balaban J connectivity index is 2.45. The smallest absolute Gasteiger partial charge is 0.120 e. The van der Waals surface area contributed by atoms with Crippen molar-refractivity contribution in [3.8, 4) is 11.5 Å². The molecule has 0 amide bonds. The van der Waals surface area contributed by atoms with E-state index in [2.05, 4.69) is 19.2 Å². The van der Waals surface area contributed by atoms with Crippen LogP contribution in [0, 0.1) is 5.92 Å². The fraction of sp³-hybridized carbons (Fsp3) is 0.600. The number of phenols is 1. The molecule has 19 heavy (non-hydrogen) atoms. The number of hydrogen-bond donors (Lipinski definition) is 3. The van der Waals surface area contributed by atoms with Gasteiger partial charge in [-0.1, -0.05) is 13.8 Å². The number of nitrogens with one attached hydrogen (secondary N) is 1. The second-order valence-electron chi connectivity index (χ2n) is 5.14. The molecule has 0 aliphatic heterocycles. The van der Waals surface area contributed by atoms with Crippen LogP contribution in [0.15, 0.2) is 18.2 Å². The molecule has 0 fully saturated rings. The molecule has 4 nitrogen and oxygen atoms in total. The van der Waals surface area contributed by atoms with Crippen LogP contribution in [0.2, 0.25) is 0 Å². The highest BCUT2D eigenvalue weighted by atomic mass is 16.5. The van der Waals surface area contributed by atoms with Crippen LogP contribution in [0.4, 0.5) is 0 Å². The van der Waals surface area contributed by atoms with E-state index in [-0.39, 0.29) is 11.9 Å². The summed E-state index contributed by atoms with van der Waals surface area (Å²) < 4.78 is 5.39. The van der Waals surface area contributed by atoms with Gasteiger partial charge in [0.2, 0.25) is 0 Å². The van der Waals surface area contributed by atoms with Gasteiger partial charge in [0.25, 0.3) is 0 Å². The second-order valence-corrected chi connectivity index (χ2v) is 5.14. The van der Waals surface area contributed by atoms with Crippen molar-refractivity contribution in [3.63, 3.8) is 0 Å². The summed E-state index contributed by atoms with van der Waals surface area (Å²) in [6.07, 6.45) is 0.426. The Morgan fingerprint density at radius 3 is 2.68 bits per heavy atom. The standard InChI is InChI=1S/C15H25NO3/c1-4-19-14-5-6-15(18)12(8-14)9-16-10-13(17)7-11(2)3/h5-6,8,11,13,16-18H,4,7,9-10H2,1-3H3. The summed E-state index contributed by atoms with van der Waals surface area (Å²) in [4.78, 5) is 0. The molecule has 4 heteroatoms. The molecule has 1 unspecified atom stereocenters. The highest BCUT2D eigenvalue weighted by Crippen LogP contribution is 2.22. The Morgan fingerprint density at radius 2 is 2.05 bits per heavy atom. The number of phenolic OH excluding ortho intramolecular Hbond substituents is 1. The monoisotopic (exact) mass is 267 g/mol. The highest BCUT2D eigenvalue weighted by Gasteiger charge is 2.08. The molecule has 0 aliphatic rings. The van der Waals surface area contributed by atoms with Gasteiger partial charge in [0.05, 0.1) is 12.7 Å². The lowest BCUT2D eigenvalue weighted by molar-refractivity contribution is 0.146. The molecule has 1 rings (SSSR count). The van der Waals surface area contributed by atoms with Crippen LogP contribution in [-0.4, -0.2) is 29.5 Å². The molecule has 0 heterocycles. The first-order valence-corrected chi connectivity index (χ1v) is 6.86. The minimum absolute atomic E-state index is 0.245. The molecule has 0 radical (unpaired) electrons. The predicted octanol–water partition coefficient (Wildman–Crippen LogP) is 2.29. The molecule has 108 valence electrons. The van der Waals surface area contributed by atoms with Crippen molar-refractivity contribution >= 4 is 0 Å². The summed E-state index contributed by atoms with van der Waals surface area (Å²) in [6, 6.07) is 5.20. The van der Waals surface area contributed by atoms with Gasteiger partial charge >= 0.3 is 0 Å². The lowest BCUT2D eigenvalue weighted by Gasteiger charge is -2.14. The molecule has 0 spiro atoms. The zero-order chi connectivity index (χ0) is 14.3. The van der Waals surface area contributed by atoms with Crippen molar-refractivity contribution in [1.29, 1.82) is 0 Å². The number of benzene rings is 1. The van der Waals surface area contributed by atoms with Crippen molar-refractivity contribution in [3.05, 3.63) is 23.8 Å². The van der Waals surface area contributed by atoms with Crippen LogP contribution < -0.4 is 10.1 Å². The van der Waals surface area contributed by atoms with Crippen molar-refractivity contribution in [2.45, 2.75) is 39.8 Å². The van der Waals surface area contributed by atoms with E-state index in [0.717, 1.165) is 17.7 Å². The zero-order valence-corrected chi connectivity index (χ0v) is 12.0. The van der Waals surface area contributed by atoms with Crippen LogP contribution in [-0.2, 0) is 6.54 Å². The van der Waals surface area contributed by atoms with Gasteiger partial charge in [0.15, 0.2) is 0 Å². The van der Waals surface area contributed by atoms with Gasteiger partial charge in [-0.05, 0) is 37.5 Å². The van der Waals surface area contributed by atoms with Gasteiger partial charge < -0.3 is 20.3 Å². The third kappa shape index (κ3) is 5.94. The summed E-state index contributed by atoms with van der Waals surface area (Å²) in [5.74, 6) is 1.47. The van der Waals surface area contributed by atoms with Crippen LogP contribution in [0.1, 0.15) is 32.8 Å². The molecule has 1 aromatic carbocycles. The molecule has 0 aliphatic carbocycles. The average Bonchev–Trinajstić information content (AvgIpc) is 2.32. The van der Waals surface area contributed by atoms with Crippen molar-refractivity contribution in [1.82, 2.24) is 5.32 Å². The normalized spacial score (nSPS) is 12.7. The lowest BCUT2D eigenvalue weighted by atomic mass is 10.1. The minimum atomic E-state index is -0.350. The Bertz CT molecular complexity index is 380. The summed E-state index contributed by atoms with van der Waals surface area (Å²) in [6.45, 7) is 7.73. The minimum Gasteiger partial charge on any atom is -0.508 e. The van der Waals surface area contributed by atoms with E-state index in [0.29, 0.717) is 25.6 Å². The topological polar surface area (TPSA) is 61.7 Å². The third-order valence-corrected chi connectivity index (χ3v) is 2.80. The van der Waals surface area contributed by atoms with Gasteiger partial charge in [0, 0.05) is 18.7 Å². The first-order chi connectivity index (χ1) is 9.02. The van der Waals surface area contributed by atoms with Crippen LogP contribution >= 0.6 is 0 Å². The van der Waals surface area contributed by atoms with Crippen LogP contribution in [0.5, 0.6) is 11.5 Å². The highest BCUT2D eigenvalue weighted by molar-refractivity contribution is 5.39. The fourth-order valence-electron chi connectivity index (χ4n) is 1.96. The molecule has 0 saturated carbocycles. The maximum atomic E-state index is 9.76. The Morgan fingerprint density at radius 1 is 1.32 bits per heavy atom. The average molecular weight is 267 g/mol. The SMILES string of the molecule is CCOc1ccc(O)c(CNCC(O)CC(C)C)c1. The van der Waals surface area contributed by atoms with E-state index >= 15 is 0 Å². The third-order valence-electron chi connectivity index (χ3n) is 2.80. The summed E-state index contributed by atoms with van der Waals surface area (Å²) >= 11 is 0. The predicted molar refractivity (Wildman–Crippen MR) is 76.4 cm³/mol. The second kappa shape index (κ2) is 8.02. The summed E-state index contributed by atoms with van der Waals surface area (Å²) in [5.41, 5.74) is 0.780. The van der Waals surface area contributed by atoms with Crippen molar-refractivity contribution in [2.24, 2.45) is 5.92 Å². The molecule has 1 aromatic rings. The van der Waals surface area contributed by atoms with Gasteiger partial charge in [-0.3, -0.25) is 0 Å². The molecule has 0 saturated heterocycles.